The molecule has 0 aromatic heterocycles. The van der Waals surface area contributed by atoms with Gasteiger partial charge in [-0.05, 0) is 87.2 Å². The molecule has 1 aromatic rings. The van der Waals surface area contributed by atoms with Gasteiger partial charge in [-0.15, -0.1) is 0 Å². The number of allylic oxidation sites excluding steroid dienone is 10. The molecule has 0 saturated heterocycles. The molecular weight excluding hydrogens is 613 g/mol. The van der Waals surface area contributed by atoms with Crippen LogP contribution in [0.3, 0.4) is 0 Å². The summed E-state index contributed by atoms with van der Waals surface area (Å²) >= 11 is 0. The summed E-state index contributed by atoms with van der Waals surface area (Å²) in [5.74, 6) is -0.262. The molecule has 0 saturated carbocycles. The third kappa shape index (κ3) is 11.5. The molecule has 0 unspecified atom stereocenters. The summed E-state index contributed by atoms with van der Waals surface area (Å²) in [5.41, 5.74) is 21.4. The number of carbonyl (C=O) groups excluding carboxylic acids is 1. The molecule has 2 aliphatic rings. The quantitative estimate of drug-likeness (QED) is 0.0777. The molecule has 7 N–H and O–H groups in total. The van der Waals surface area contributed by atoms with Gasteiger partial charge in [0.25, 0.3) is 0 Å². The van der Waals surface area contributed by atoms with Gasteiger partial charge in [0, 0.05) is 48.3 Å². The molecule has 0 heterocycles. The number of halogens is 1. The van der Waals surface area contributed by atoms with Crippen LogP contribution in [0.25, 0.3) is 0 Å². The summed E-state index contributed by atoms with van der Waals surface area (Å²) in [6.45, 7) is 30.0. The van der Waals surface area contributed by atoms with Gasteiger partial charge < -0.3 is 27.4 Å². The molecule has 3 rings (SSSR count). The predicted molar refractivity (Wildman–Crippen MR) is 205 cm³/mol. The minimum Gasteiger partial charge on any atom is -0.405 e. The fraction of sp³-hybridized carbons (Fsp3) is 0.225. The third-order valence-electron chi connectivity index (χ3n) is 7.74. The molecule has 2 aliphatic carbocycles. The van der Waals surface area contributed by atoms with Crippen molar-refractivity contribution in [2.75, 3.05) is 6.54 Å². The molecule has 0 bridgehead atoms. The van der Waals surface area contributed by atoms with Crippen molar-refractivity contribution in [2.45, 2.75) is 54.1 Å². The second-order valence-corrected chi connectivity index (χ2v) is 11.5. The number of aryl methyl sites for hydroxylation is 1. The fourth-order valence-electron chi connectivity index (χ4n) is 4.67. The summed E-state index contributed by atoms with van der Waals surface area (Å²) in [5, 5.41) is 9.92. The van der Waals surface area contributed by atoms with E-state index >= 15 is 0 Å². The highest BCUT2D eigenvalue weighted by atomic mass is 19.1. The number of hydrogen-bond acceptors (Lipinski definition) is 8. The van der Waals surface area contributed by atoms with Crippen molar-refractivity contribution in [1.82, 2.24) is 16.0 Å². The fourth-order valence-corrected chi connectivity index (χ4v) is 4.67. The zero-order valence-corrected chi connectivity index (χ0v) is 29.5. The summed E-state index contributed by atoms with van der Waals surface area (Å²) in [4.78, 5) is 20.4. The average Bonchev–Trinajstić information content (AvgIpc) is 3.32. The summed E-state index contributed by atoms with van der Waals surface area (Å²) in [7, 11) is 0. The van der Waals surface area contributed by atoms with Crippen molar-refractivity contribution < 1.29 is 9.18 Å². The zero-order valence-electron chi connectivity index (χ0n) is 29.5. The normalized spacial score (nSPS) is 15.2. The molecule has 9 heteroatoms. The summed E-state index contributed by atoms with van der Waals surface area (Å²) in [6.07, 6.45) is 14.1. The number of hydrogen-bond donors (Lipinski definition) is 5. The lowest BCUT2D eigenvalue weighted by molar-refractivity contribution is -0.105. The van der Waals surface area contributed by atoms with E-state index in [0.29, 0.717) is 64.7 Å². The van der Waals surface area contributed by atoms with Gasteiger partial charge in [0.1, 0.15) is 12.1 Å². The van der Waals surface area contributed by atoms with Crippen molar-refractivity contribution in [1.29, 1.82) is 0 Å². The third-order valence-corrected chi connectivity index (χ3v) is 7.74. The van der Waals surface area contributed by atoms with E-state index in [4.69, 9.17) is 10.7 Å². The van der Waals surface area contributed by atoms with Gasteiger partial charge in [-0.1, -0.05) is 63.3 Å². The smallest absolute Gasteiger partial charge is 0.146 e. The number of benzene rings is 1. The maximum absolute atomic E-state index is 15.0. The van der Waals surface area contributed by atoms with Crippen LogP contribution in [0.2, 0.25) is 0 Å². The number of nitrogens with one attached hydrogen (secondary N) is 3. The van der Waals surface area contributed by atoms with Crippen molar-refractivity contribution >= 4 is 18.2 Å². The van der Waals surface area contributed by atoms with Gasteiger partial charge in [0.15, 0.2) is 0 Å². The Bertz CT molecular complexity index is 1760. The Morgan fingerprint density at radius 2 is 1.69 bits per heavy atom. The highest BCUT2D eigenvalue weighted by molar-refractivity contribution is 6.08. The van der Waals surface area contributed by atoms with Crippen LogP contribution in [0.15, 0.2) is 154 Å². The van der Waals surface area contributed by atoms with Crippen molar-refractivity contribution in [2.24, 2.45) is 21.5 Å². The van der Waals surface area contributed by atoms with Gasteiger partial charge in [-0.25, -0.2) is 9.38 Å². The Labute approximate surface area is 291 Å². The number of rotatable bonds is 15. The lowest BCUT2D eigenvalue weighted by Crippen LogP contribution is -2.29. The molecule has 1 aromatic carbocycles. The summed E-state index contributed by atoms with van der Waals surface area (Å²) < 4.78 is 15.0. The van der Waals surface area contributed by atoms with E-state index < -0.39 is 0 Å². The molecule has 0 atom stereocenters. The van der Waals surface area contributed by atoms with Crippen LogP contribution in [0, 0.1) is 12.7 Å². The molecule has 0 spiro atoms. The first-order valence-electron chi connectivity index (χ1n) is 15.8. The molecule has 8 nitrogen and oxygen atoms in total. The lowest BCUT2D eigenvalue weighted by atomic mass is 9.90. The van der Waals surface area contributed by atoms with Crippen molar-refractivity contribution in [3.05, 3.63) is 166 Å². The molecule has 0 amide bonds. The minimum absolute atomic E-state index is 0.262. The topological polar surface area (TPSA) is 130 Å². The number of aldehydes is 1. The number of nitrogens with two attached hydrogens (primary N) is 2. The van der Waals surface area contributed by atoms with Gasteiger partial charge in [0.2, 0.25) is 0 Å². The number of aliphatic imine (C=N–C) groups is 2. The Morgan fingerprint density at radius 1 is 1.02 bits per heavy atom. The zero-order chi connectivity index (χ0) is 36.7. The van der Waals surface area contributed by atoms with E-state index in [1.165, 1.54) is 6.20 Å². The number of nitrogens with zero attached hydrogens (tertiary/aromatic N) is 2. The monoisotopic (exact) mass is 663 g/mol. The van der Waals surface area contributed by atoms with Crippen molar-refractivity contribution in [3.63, 3.8) is 0 Å². The Hall–Kier alpha value is -5.70. The van der Waals surface area contributed by atoms with Crippen LogP contribution < -0.4 is 27.4 Å². The van der Waals surface area contributed by atoms with Crippen LogP contribution in [0.4, 0.5) is 4.39 Å². The maximum atomic E-state index is 15.0. The van der Waals surface area contributed by atoms with Gasteiger partial charge in [0.05, 0.1) is 34.2 Å². The summed E-state index contributed by atoms with van der Waals surface area (Å²) in [6, 6.07) is 3.65. The molecule has 0 aliphatic heterocycles. The standard InChI is InChI=1S/C38H45FN6O.C2H5N/c1-10-41-28(7)29(8)45-35(30(9)43-19-31-12-11-13-32(22-46)15-14-31)17-23(2)27(6)42-20-33-16-24(3)36(39)34(18-33)21-44-38-26(5)25(4)37(38)40;1-2-3/h10-12,14-18,22,42-44H,4-6,9,13,19-21,40H2,1-3,7-8H3;2H,1,3H2/b23-17+,29-28+,41-10?,45-35-;. The first kappa shape index (κ1) is 39.5. The van der Waals surface area contributed by atoms with E-state index in [1.54, 1.807) is 13.1 Å². The Morgan fingerprint density at radius 3 is 2.33 bits per heavy atom. The SMILES string of the molecule is C=C1C(=C)C(NCc2cc(CNC(=C)/C(C)=C/C(=N/C(C)=C(\C)N=CC)C(=C)NCC3=CC=C(C=O)CC=C3)cc(C)c2F)=C1N.C=CN. The van der Waals surface area contributed by atoms with E-state index in [2.05, 4.69) is 59.6 Å². The first-order valence-corrected chi connectivity index (χ1v) is 15.8. The Balaban J connectivity index is 0.00000267. The number of carbonyl (C=O) groups is 1. The van der Waals surface area contributed by atoms with Crippen molar-refractivity contribution in [3.8, 4) is 0 Å². The maximum Gasteiger partial charge on any atom is 0.146 e. The predicted octanol–water partition coefficient (Wildman–Crippen LogP) is 7.06. The van der Waals surface area contributed by atoms with Crippen LogP contribution in [0.5, 0.6) is 0 Å². The highest BCUT2D eigenvalue weighted by Crippen LogP contribution is 2.32. The molecule has 258 valence electrons. The van der Waals surface area contributed by atoms with E-state index in [0.717, 1.165) is 45.5 Å². The lowest BCUT2D eigenvalue weighted by Gasteiger charge is -2.27. The first-order chi connectivity index (χ1) is 23.3. The largest absolute Gasteiger partial charge is 0.405 e. The van der Waals surface area contributed by atoms with Crippen LogP contribution in [-0.2, 0) is 17.9 Å². The minimum atomic E-state index is -0.262. The van der Waals surface area contributed by atoms with Crippen LogP contribution in [0.1, 0.15) is 50.8 Å². The molecule has 0 radical (unpaired) electrons. The average molecular weight is 664 g/mol. The van der Waals surface area contributed by atoms with Gasteiger partial charge in [-0.2, -0.15) is 0 Å². The van der Waals surface area contributed by atoms with Gasteiger partial charge >= 0.3 is 0 Å². The van der Waals surface area contributed by atoms with E-state index in [1.807, 2.05) is 70.2 Å². The van der Waals surface area contributed by atoms with Gasteiger partial charge in [-0.3, -0.25) is 9.79 Å². The van der Waals surface area contributed by atoms with E-state index in [-0.39, 0.29) is 12.4 Å². The van der Waals surface area contributed by atoms with E-state index in [9.17, 15) is 9.18 Å². The Kier molecular flexibility index (Phi) is 15.5. The second kappa shape index (κ2) is 19.2. The van der Waals surface area contributed by atoms with Crippen LogP contribution >= 0.6 is 0 Å². The highest BCUT2D eigenvalue weighted by Gasteiger charge is 2.23. The second-order valence-electron chi connectivity index (χ2n) is 11.5. The molecule has 49 heavy (non-hydrogen) atoms. The molecular formula is C40H50FN7O. The van der Waals surface area contributed by atoms with Crippen LogP contribution in [-0.4, -0.2) is 24.8 Å². The molecule has 0 fully saturated rings.